The number of anilines is 2. The van der Waals surface area contributed by atoms with Crippen LogP contribution in [0.4, 0.5) is 15.8 Å². The molecule has 200 valence electrons. The molecule has 1 unspecified atom stereocenters. The van der Waals surface area contributed by atoms with E-state index in [9.17, 15) is 23.9 Å². The number of aryl methyl sites for hydroxylation is 2. The molecule has 0 aliphatic heterocycles. The van der Waals surface area contributed by atoms with Crippen LogP contribution >= 0.6 is 11.5 Å². The number of aromatic hydroxyl groups is 1. The molecule has 0 aliphatic carbocycles. The van der Waals surface area contributed by atoms with Gasteiger partial charge in [-0.15, -0.1) is 0 Å². The molecular weight excluding hydrogens is 521 g/mol. The summed E-state index contributed by atoms with van der Waals surface area (Å²) in [7, 11) is 0. The Morgan fingerprint density at radius 2 is 1.69 bits per heavy atom. The molecule has 0 saturated heterocycles. The number of aromatic nitrogens is 1. The van der Waals surface area contributed by atoms with Crippen molar-refractivity contribution in [3.8, 4) is 5.75 Å². The van der Waals surface area contributed by atoms with Crippen molar-refractivity contribution >= 4 is 40.6 Å². The third-order valence-electron chi connectivity index (χ3n) is 6.24. The fraction of sp³-hybridized carbons (Fsp3) is 0.143. The zero-order valence-electron chi connectivity index (χ0n) is 21.1. The average molecular weight is 548 g/mol. The van der Waals surface area contributed by atoms with E-state index in [0.29, 0.717) is 28.3 Å². The number of benzene rings is 3. The number of carbonyl (C=O) groups excluding carboxylic acids is 3. The number of halogens is 1. The van der Waals surface area contributed by atoms with Gasteiger partial charge in [0.25, 0.3) is 11.8 Å². The molecule has 3 aromatic carbocycles. The molecular formula is C28H26FN5O4S. The number of primary amides is 1. The Kier molecular flexibility index (Phi) is 7.91. The van der Waals surface area contributed by atoms with Crippen LogP contribution in [0.2, 0.25) is 0 Å². The van der Waals surface area contributed by atoms with Crippen molar-refractivity contribution in [2.45, 2.75) is 26.4 Å². The highest BCUT2D eigenvalue weighted by molar-refractivity contribution is 7.09. The number of rotatable bonds is 8. The van der Waals surface area contributed by atoms with E-state index in [1.54, 1.807) is 24.3 Å². The van der Waals surface area contributed by atoms with Gasteiger partial charge in [0.05, 0.1) is 5.69 Å². The van der Waals surface area contributed by atoms with E-state index >= 15 is 0 Å². The Morgan fingerprint density at radius 1 is 1.03 bits per heavy atom. The summed E-state index contributed by atoms with van der Waals surface area (Å²) >= 11 is 0.707. The van der Waals surface area contributed by atoms with E-state index in [0.717, 1.165) is 11.1 Å². The molecule has 0 saturated carbocycles. The van der Waals surface area contributed by atoms with E-state index in [-0.39, 0.29) is 28.6 Å². The maximum Gasteiger partial charge on any atom is 0.273 e. The Hall–Kier alpha value is -4.77. The van der Waals surface area contributed by atoms with E-state index < -0.39 is 29.6 Å². The van der Waals surface area contributed by atoms with Crippen LogP contribution in [0.3, 0.4) is 0 Å². The summed E-state index contributed by atoms with van der Waals surface area (Å²) in [5, 5.41) is 12.7. The summed E-state index contributed by atoms with van der Waals surface area (Å²) < 4.78 is 17.3. The van der Waals surface area contributed by atoms with Gasteiger partial charge in [-0.1, -0.05) is 30.3 Å². The number of amides is 3. The highest BCUT2D eigenvalue weighted by Crippen LogP contribution is 2.34. The number of phenols is 1. The maximum absolute atomic E-state index is 14.1. The first-order valence-corrected chi connectivity index (χ1v) is 12.6. The largest absolute Gasteiger partial charge is 0.508 e. The van der Waals surface area contributed by atoms with Gasteiger partial charge in [0.2, 0.25) is 5.91 Å². The molecule has 6 N–H and O–H groups in total. The van der Waals surface area contributed by atoms with Crippen molar-refractivity contribution in [1.82, 2.24) is 9.69 Å². The number of nitrogen functional groups attached to an aromatic ring is 1. The standard InChI is InChI=1S/C28H26FN5O4S/c1-15-3-10-20(13-16(15)2)34(28(38)25-22(30)23(26(31)36)33-39-25)24(18-6-11-21(35)12-7-18)27(37)32-14-17-4-8-19(29)9-5-17/h3-13,24,35H,14,30H2,1-2H3,(H2,31,36)(H,32,37). The minimum atomic E-state index is -1.22. The summed E-state index contributed by atoms with van der Waals surface area (Å²) in [5.74, 6) is -2.53. The molecule has 0 bridgehead atoms. The molecule has 11 heteroatoms. The van der Waals surface area contributed by atoms with Gasteiger partial charge in [-0.3, -0.25) is 19.3 Å². The summed E-state index contributed by atoms with van der Waals surface area (Å²) in [5.41, 5.74) is 14.3. The molecule has 1 heterocycles. The first-order valence-electron chi connectivity index (χ1n) is 11.8. The topological polar surface area (TPSA) is 152 Å². The van der Waals surface area contributed by atoms with E-state index in [4.69, 9.17) is 11.5 Å². The van der Waals surface area contributed by atoms with Crippen molar-refractivity contribution < 1.29 is 23.9 Å². The lowest BCUT2D eigenvalue weighted by atomic mass is 10.0. The molecule has 0 fully saturated rings. The molecule has 39 heavy (non-hydrogen) atoms. The maximum atomic E-state index is 14.1. The van der Waals surface area contributed by atoms with Gasteiger partial charge in [-0.25, -0.2) is 4.39 Å². The van der Waals surface area contributed by atoms with Crippen molar-refractivity contribution in [3.63, 3.8) is 0 Å². The van der Waals surface area contributed by atoms with Crippen LogP contribution in [0.25, 0.3) is 0 Å². The van der Waals surface area contributed by atoms with E-state index in [1.807, 2.05) is 19.9 Å². The molecule has 0 radical (unpaired) electrons. The van der Waals surface area contributed by atoms with Crippen molar-refractivity contribution in [3.05, 3.63) is 105 Å². The normalized spacial score (nSPS) is 11.6. The summed E-state index contributed by atoms with van der Waals surface area (Å²) in [6, 6.07) is 15.6. The molecule has 9 nitrogen and oxygen atoms in total. The summed E-state index contributed by atoms with van der Waals surface area (Å²) in [6.07, 6.45) is 0. The second-order valence-electron chi connectivity index (χ2n) is 8.92. The molecule has 4 aromatic rings. The van der Waals surface area contributed by atoms with Gasteiger partial charge in [-0.2, -0.15) is 4.37 Å². The number of hydrogen-bond acceptors (Lipinski definition) is 7. The van der Waals surface area contributed by atoms with Gasteiger partial charge < -0.3 is 21.9 Å². The minimum Gasteiger partial charge on any atom is -0.508 e. The lowest BCUT2D eigenvalue weighted by molar-refractivity contribution is -0.122. The highest BCUT2D eigenvalue weighted by Gasteiger charge is 2.36. The van der Waals surface area contributed by atoms with Gasteiger partial charge in [0.15, 0.2) is 5.69 Å². The van der Waals surface area contributed by atoms with Crippen LogP contribution in [0, 0.1) is 19.7 Å². The molecule has 0 spiro atoms. The quantitative estimate of drug-likeness (QED) is 0.262. The van der Waals surface area contributed by atoms with Crippen LogP contribution in [0.15, 0.2) is 66.7 Å². The summed E-state index contributed by atoms with van der Waals surface area (Å²) in [4.78, 5) is 40.9. The number of carbonyl (C=O) groups is 3. The number of nitrogens with zero attached hydrogens (tertiary/aromatic N) is 2. The predicted octanol–water partition coefficient (Wildman–Crippen LogP) is 3.99. The molecule has 1 aromatic heterocycles. The van der Waals surface area contributed by atoms with E-state index in [2.05, 4.69) is 9.69 Å². The predicted molar refractivity (Wildman–Crippen MR) is 147 cm³/mol. The molecule has 3 amide bonds. The number of nitrogens with two attached hydrogens (primary N) is 2. The zero-order chi connectivity index (χ0) is 28.3. The van der Waals surface area contributed by atoms with Gasteiger partial charge in [-0.05, 0) is 84.0 Å². The van der Waals surface area contributed by atoms with Crippen LogP contribution in [-0.4, -0.2) is 27.2 Å². The second-order valence-corrected chi connectivity index (χ2v) is 9.69. The van der Waals surface area contributed by atoms with Crippen molar-refractivity contribution in [2.24, 2.45) is 5.73 Å². The van der Waals surface area contributed by atoms with Crippen LogP contribution in [0.5, 0.6) is 5.75 Å². The highest BCUT2D eigenvalue weighted by atomic mass is 32.1. The SMILES string of the molecule is Cc1ccc(N(C(=O)c2snc(C(N)=O)c2N)C(C(=O)NCc2ccc(F)cc2)c2ccc(O)cc2)cc1C. The fourth-order valence-electron chi connectivity index (χ4n) is 3.96. The zero-order valence-corrected chi connectivity index (χ0v) is 22.0. The van der Waals surface area contributed by atoms with Crippen LogP contribution in [0.1, 0.15) is 48.5 Å². The third-order valence-corrected chi connectivity index (χ3v) is 7.09. The van der Waals surface area contributed by atoms with Crippen molar-refractivity contribution in [2.75, 3.05) is 10.6 Å². The van der Waals surface area contributed by atoms with E-state index in [1.165, 1.54) is 41.3 Å². The summed E-state index contributed by atoms with van der Waals surface area (Å²) in [6.45, 7) is 3.85. The lowest BCUT2D eigenvalue weighted by Gasteiger charge is -2.31. The van der Waals surface area contributed by atoms with Gasteiger partial charge in [0, 0.05) is 12.2 Å². The molecule has 4 rings (SSSR count). The Morgan fingerprint density at radius 3 is 2.28 bits per heavy atom. The third kappa shape index (κ3) is 5.88. The number of nitrogens with one attached hydrogen (secondary N) is 1. The number of phenolic OH excluding ortho intramolecular Hbond substituents is 1. The Bertz CT molecular complexity index is 1540. The smallest absolute Gasteiger partial charge is 0.273 e. The van der Waals surface area contributed by atoms with Crippen molar-refractivity contribution in [1.29, 1.82) is 0 Å². The Labute approximate surface area is 228 Å². The van der Waals surface area contributed by atoms with Gasteiger partial charge >= 0.3 is 0 Å². The first-order chi connectivity index (χ1) is 18.6. The number of hydrogen-bond donors (Lipinski definition) is 4. The van der Waals surface area contributed by atoms with Crippen LogP contribution < -0.4 is 21.7 Å². The Balaban J connectivity index is 1.83. The lowest BCUT2D eigenvalue weighted by Crippen LogP contribution is -2.44. The first kappa shape index (κ1) is 27.3. The molecule has 0 aliphatic rings. The minimum absolute atomic E-state index is 0.0221. The molecule has 1 atom stereocenters. The second kappa shape index (κ2) is 11.3. The average Bonchev–Trinajstić information content (AvgIpc) is 3.30. The van der Waals surface area contributed by atoms with Gasteiger partial charge in [0.1, 0.15) is 22.5 Å². The van der Waals surface area contributed by atoms with Crippen LogP contribution in [-0.2, 0) is 11.3 Å². The monoisotopic (exact) mass is 547 g/mol. The fourth-order valence-corrected chi connectivity index (χ4v) is 4.70.